The van der Waals surface area contributed by atoms with E-state index in [4.69, 9.17) is 0 Å². The van der Waals surface area contributed by atoms with Gasteiger partial charge in [0, 0.05) is 17.6 Å². The Hall–Kier alpha value is -1.69. The molecule has 0 aliphatic rings. The molecule has 6 heteroatoms. The van der Waals surface area contributed by atoms with E-state index in [1.54, 1.807) is 18.3 Å². The van der Waals surface area contributed by atoms with Crippen molar-refractivity contribution in [2.75, 3.05) is 0 Å². The maximum absolute atomic E-state index is 11.0. The molecule has 1 aromatic heterocycles. The van der Waals surface area contributed by atoms with Gasteiger partial charge >= 0.3 is 0 Å². The number of aromatic nitrogens is 2. The number of alkyl halides is 1. The molecule has 0 spiro atoms. The van der Waals surface area contributed by atoms with E-state index in [2.05, 4.69) is 21.0 Å². The van der Waals surface area contributed by atoms with Gasteiger partial charge in [-0.15, -0.1) is 0 Å². The van der Waals surface area contributed by atoms with Crippen molar-refractivity contribution in [1.82, 2.24) is 9.78 Å². The van der Waals surface area contributed by atoms with E-state index < -0.39 is 4.92 Å². The van der Waals surface area contributed by atoms with Crippen molar-refractivity contribution in [2.24, 2.45) is 0 Å². The molecule has 17 heavy (non-hydrogen) atoms. The van der Waals surface area contributed by atoms with Crippen molar-refractivity contribution < 1.29 is 4.92 Å². The lowest BCUT2D eigenvalue weighted by molar-refractivity contribution is -0.384. The van der Waals surface area contributed by atoms with Gasteiger partial charge in [-0.2, -0.15) is 5.10 Å². The second kappa shape index (κ2) is 4.67. The first kappa shape index (κ1) is 11.8. The number of benzene rings is 1. The molecule has 0 aliphatic carbocycles. The number of nitrogens with zero attached hydrogens (tertiary/aromatic N) is 3. The zero-order valence-electron chi connectivity index (χ0n) is 9.13. The van der Waals surface area contributed by atoms with Gasteiger partial charge in [-0.25, -0.2) is 4.68 Å². The summed E-state index contributed by atoms with van der Waals surface area (Å²) in [4.78, 5) is 10.6. The Kier molecular flexibility index (Phi) is 3.23. The molecule has 1 aromatic carbocycles. The van der Waals surface area contributed by atoms with Crippen LogP contribution in [-0.4, -0.2) is 14.7 Å². The maximum Gasteiger partial charge on any atom is 0.295 e. The van der Waals surface area contributed by atoms with E-state index in [1.807, 2.05) is 19.1 Å². The predicted octanol–water partition coefficient (Wildman–Crippen LogP) is 2.98. The molecular weight excluding hydrogens is 286 g/mol. The Labute approximate surface area is 106 Å². The summed E-state index contributed by atoms with van der Waals surface area (Å²) >= 11 is 3.28. The number of hydrogen-bond donors (Lipinski definition) is 0. The second-order valence-corrected chi connectivity index (χ2v) is 4.18. The van der Waals surface area contributed by atoms with Gasteiger partial charge in [0.25, 0.3) is 5.69 Å². The Morgan fingerprint density at radius 3 is 2.76 bits per heavy atom. The second-order valence-electron chi connectivity index (χ2n) is 3.62. The van der Waals surface area contributed by atoms with Gasteiger partial charge in [0.2, 0.25) is 0 Å². The smallest absolute Gasteiger partial charge is 0.258 e. The van der Waals surface area contributed by atoms with Gasteiger partial charge in [-0.05, 0) is 24.6 Å². The molecule has 2 rings (SSSR count). The Bertz CT molecular complexity index is 566. The van der Waals surface area contributed by atoms with E-state index in [1.165, 1.54) is 4.68 Å². The third kappa shape index (κ3) is 2.36. The largest absolute Gasteiger partial charge is 0.295 e. The van der Waals surface area contributed by atoms with Crippen molar-refractivity contribution in [3.63, 3.8) is 0 Å². The van der Waals surface area contributed by atoms with E-state index >= 15 is 0 Å². The molecule has 0 N–H and O–H groups in total. The van der Waals surface area contributed by atoms with Crippen molar-refractivity contribution >= 4 is 21.6 Å². The number of nitro groups is 1. The van der Waals surface area contributed by atoms with E-state index in [-0.39, 0.29) is 5.69 Å². The predicted molar refractivity (Wildman–Crippen MR) is 67.6 cm³/mol. The molecule has 0 fully saturated rings. The number of hydrogen-bond acceptors (Lipinski definition) is 3. The minimum atomic E-state index is -0.390. The van der Waals surface area contributed by atoms with Crippen molar-refractivity contribution in [3.8, 4) is 5.69 Å². The molecule has 0 aliphatic heterocycles. The van der Waals surface area contributed by atoms with Crippen LogP contribution in [0.25, 0.3) is 5.69 Å². The van der Waals surface area contributed by atoms with Gasteiger partial charge in [-0.3, -0.25) is 10.1 Å². The van der Waals surface area contributed by atoms with Crippen molar-refractivity contribution in [3.05, 3.63) is 51.8 Å². The first-order valence-corrected chi connectivity index (χ1v) is 6.10. The lowest BCUT2D eigenvalue weighted by Gasteiger charge is -2.04. The van der Waals surface area contributed by atoms with Crippen LogP contribution in [0.1, 0.15) is 11.3 Å². The fourth-order valence-electron chi connectivity index (χ4n) is 1.54. The van der Waals surface area contributed by atoms with Crippen LogP contribution >= 0.6 is 15.9 Å². The van der Waals surface area contributed by atoms with Gasteiger partial charge in [0.15, 0.2) is 0 Å². The zero-order chi connectivity index (χ0) is 12.4. The molecule has 0 atom stereocenters. The molecule has 5 nitrogen and oxygen atoms in total. The fraction of sp³-hybridized carbons (Fsp3) is 0.182. The molecule has 88 valence electrons. The van der Waals surface area contributed by atoms with Crippen LogP contribution in [-0.2, 0) is 5.33 Å². The topological polar surface area (TPSA) is 61.0 Å². The van der Waals surface area contributed by atoms with Gasteiger partial charge in [-0.1, -0.05) is 22.0 Å². The van der Waals surface area contributed by atoms with Crippen LogP contribution < -0.4 is 0 Å². The van der Waals surface area contributed by atoms with Crippen LogP contribution in [0.2, 0.25) is 0 Å². The Balaban J connectivity index is 2.57. The Morgan fingerprint density at radius 1 is 1.47 bits per heavy atom. The summed E-state index contributed by atoms with van der Waals surface area (Å²) in [6, 6.07) is 6.92. The molecule has 0 amide bonds. The summed E-state index contributed by atoms with van der Waals surface area (Å²) in [6.07, 6.45) is 1.71. The van der Waals surface area contributed by atoms with E-state index in [0.29, 0.717) is 11.0 Å². The summed E-state index contributed by atoms with van der Waals surface area (Å²) in [7, 11) is 0. The van der Waals surface area contributed by atoms with Gasteiger partial charge in [0.1, 0.15) is 5.69 Å². The van der Waals surface area contributed by atoms with Crippen LogP contribution in [0.15, 0.2) is 30.5 Å². The third-order valence-electron chi connectivity index (χ3n) is 2.36. The highest BCUT2D eigenvalue weighted by atomic mass is 79.9. The monoisotopic (exact) mass is 295 g/mol. The molecular formula is C11H10BrN3O2. The first-order valence-electron chi connectivity index (χ1n) is 4.98. The summed E-state index contributed by atoms with van der Waals surface area (Å²) in [5.41, 5.74) is 2.23. The lowest BCUT2D eigenvalue weighted by Crippen LogP contribution is -2.01. The zero-order valence-corrected chi connectivity index (χ0v) is 10.7. The van der Waals surface area contributed by atoms with Crippen molar-refractivity contribution in [1.29, 1.82) is 0 Å². The lowest BCUT2D eigenvalue weighted by atomic mass is 10.2. The number of rotatable bonds is 3. The molecule has 2 aromatic rings. The fourth-order valence-corrected chi connectivity index (χ4v) is 1.89. The maximum atomic E-state index is 11.0. The van der Waals surface area contributed by atoms with E-state index in [9.17, 15) is 10.1 Å². The minimum Gasteiger partial charge on any atom is -0.258 e. The minimum absolute atomic E-state index is 0.0602. The van der Waals surface area contributed by atoms with Crippen molar-refractivity contribution in [2.45, 2.75) is 12.3 Å². The summed E-state index contributed by atoms with van der Waals surface area (Å²) < 4.78 is 1.52. The van der Waals surface area contributed by atoms with Gasteiger partial charge < -0.3 is 0 Å². The van der Waals surface area contributed by atoms with Gasteiger partial charge in [0.05, 0.1) is 10.6 Å². The quantitative estimate of drug-likeness (QED) is 0.497. The first-order chi connectivity index (χ1) is 8.11. The summed E-state index contributed by atoms with van der Waals surface area (Å²) in [5.74, 6) is 0. The van der Waals surface area contributed by atoms with Crippen LogP contribution in [0.3, 0.4) is 0 Å². The standard InChI is InChI=1S/C11H10BrN3O2/c1-8-4-5-14(13-8)10-3-2-9(7-12)6-11(10)15(16)17/h2-6H,7H2,1H3. The summed E-state index contributed by atoms with van der Waals surface area (Å²) in [5, 5.41) is 15.8. The van der Waals surface area contributed by atoms with Crippen LogP contribution in [0.4, 0.5) is 5.69 Å². The average Bonchev–Trinajstić information content (AvgIpc) is 2.75. The van der Waals surface area contributed by atoms with E-state index in [0.717, 1.165) is 11.3 Å². The summed E-state index contributed by atoms with van der Waals surface area (Å²) in [6.45, 7) is 1.84. The molecule has 0 saturated carbocycles. The Morgan fingerprint density at radius 2 is 2.24 bits per heavy atom. The molecule has 0 saturated heterocycles. The number of nitro benzene ring substituents is 1. The highest BCUT2D eigenvalue weighted by Crippen LogP contribution is 2.24. The highest BCUT2D eigenvalue weighted by molar-refractivity contribution is 9.08. The average molecular weight is 296 g/mol. The molecule has 0 bridgehead atoms. The molecule has 1 heterocycles. The number of halogens is 1. The normalized spacial score (nSPS) is 10.5. The molecule has 0 radical (unpaired) electrons. The molecule has 0 unspecified atom stereocenters. The SMILES string of the molecule is Cc1ccn(-c2ccc(CBr)cc2[N+](=O)[O-])n1. The third-order valence-corrected chi connectivity index (χ3v) is 3.01. The number of aryl methyl sites for hydroxylation is 1. The van der Waals surface area contributed by atoms with Crippen LogP contribution in [0.5, 0.6) is 0 Å². The van der Waals surface area contributed by atoms with Crippen LogP contribution in [0, 0.1) is 17.0 Å². The highest BCUT2D eigenvalue weighted by Gasteiger charge is 2.16.